The van der Waals surface area contributed by atoms with E-state index in [0.717, 1.165) is 11.5 Å². The molecule has 0 atom stereocenters. The predicted molar refractivity (Wildman–Crippen MR) is 63.7 cm³/mol. The number of nitrogens with zero attached hydrogens (tertiary/aromatic N) is 2. The number of imidazole rings is 1. The van der Waals surface area contributed by atoms with Crippen LogP contribution in [0.25, 0.3) is 0 Å². The maximum absolute atomic E-state index is 10.6. The van der Waals surface area contributed by atoms with Gasteiger partial charge in [0.05, 0.1) is 23.4 Å². The summed E-state index contributed by atoms with van der Waals surface area (Å²) in [5.74, 6) is 0.848. The van der Waals surface area contributed by atoms with Gasteiger partial charge in [0, 0.05) is 17.8 Å². The second-order valence-corrected chi connectivity index (χ2v) is 3.65. The molecule has 6 heteroatoms. The molecule has 88 valence electrons. The Labute approximate surface area is 97.9 Å². The molecule has 0 spiro atoms. The molecule has 17 heavy (non-hydrogen) atoms. The maximum Gasteiger partial charge on any atom is 0.271 e. The number of nitro benzene ring substituents is 1. The molecule has 0 radical (unpaired) electrons. The third-order valence-corrected chi connectivity index (χ3v) is 2.30. The number of nitrogens with one attached hydrogen (secondary N) is 2. The molecular formula is C11H12N4O2. The van der Waals surface area contributed by atoms with Crippen molar-refractivity contribution in [3.63, 3.8) is 0 Å². The zero-order chi connectivity index (χ0) is 12.3. The minimum absolute atomic E-state index is 0.0794. The van der Waals surface area contributed by atoms with Gasteiger partial charge in [-0.1, -0.05) is 6.07 Å². The monoisotopic (exact) mass is 232 g/mol. The van der Waals surface area contributed by atoms with E-state index in [1.807, 2.05) is 6.92 Å². The highest BCUT2D eigenvalue weighted by molar-refractivity contribution is 5.50. The van der Waals surface area contributed by atoms with Gasteiger partial charge in [0.2, 0.25) is 0 Å². The smallest absolute Gasteiger partial charge is 0.271 e. The average Bonchev–Trinajstić information content (AvgIpc) is 2.73. The van der Waals surface area contributed by atoms with Crippen molar-refractivity contribution in [2.45, 2.75) is 13.5 Å². The molecule has 2 N–H and O–H groups in total. The van der Waals surface area contributed by atoms with Gasteiger partial charge in [-0.05, 0) is 13.0 Å². The van der Waals surface area contributed by atoms with Gasteiger partial charge in [-0.2, -0.15) is 0 Å². The number of nitro groups is 1. The summed E-state index contributed by atoms with van der Waals surface area (Å²) in [6, 6.07) is 6.41. The standard InChI is InChI=1S/C11H12N4O2/c1-8-12-6-10(14-8)7-13-9-3-2-4-11(5-9)15(16)17/h2-6,13H,7H2,1H3,(H,12,14). The van der Waals surface area contributed by atoms with Gasteiger partial charge in [0.15, 0.2) is 0 Å². The van der Waals surface area contributed by atoms with E-state index >= 15 is 0 Å². The number of hydrogen-bond acceptors (Lipinski definition) is 4. The zero-order valence-corrected chi connectivity index (χ0v) is 9.30. The molecule has 6 nitrogen and oxygen atoms in total. The molecule has 0 bridgehead atoms. The van der Waals surface area contributed by atoms with Crippen LogP contribution >= 0.6 is 0 Å². The summed E-state index contributed by atoms with van der Waals surface area (Å²) in [5.41, 5.74) is 1.73. The van der Waals surface area contributed by atoms with Crippen molar-refractivity contribution in [1.29, 1.82) is 0 Å². The number of H-pyrrole nitrogens is 1. The normalized spacial score (nSPS) is 10.2. The SMILES string of the molecule is Cc1ncc(CNc2cccc([N+](=O)[O-])c2)[nH]1. The van der Waals surface area contributed by atoms with Crippen LogP contribution in [0.4, 0.5) is 11.4 Å². The topological polar surface area (TPSA) is 83.8 Å². The second kappa shape index (κ2) is 4.65. The van der Waals surface area contributed by atoms with E-state index in [0.29, 0.717) is 12.2 Å². The first kappa shape index (κ1) is 11.1. The fourth-order valence-electron chi connectivity index (χ4n) is 1.49. The summed E-state index contributed by atoms with van der Waals surface area (Å²) >= 11 is 0. The van der Waals surface area contributed by atoms with E-state index in [1.54, 1.807) is 18.3 Å². The molecular weight excluding hydrogens is 220 g/mol. The summed E-state index contributed by atoms with van der Waals surface area (Å²) in [6.07, 6.45) is 1.74. The Balaban J connectivity index is 2.04. The van der Waals surface area contributed by atoms with Gasteiger partial charge in [0.25, 0.3) is 5.69 Å². The van der Waals surface area contributed by atoms with Crippen LogP contribution in [0.3, 0.4) is 0 Å². The molecule has 0 saturated carbocycles. The van der Waals surface area contributed by atoms with Crippen molar-refractivity contribution in [3.8, 4) is 0 Å². The molecule has 2 rings (SSSR count). The highest BCUT2D eigenvalue weighted by Crippen LogP contribution is 2.17. The molecule has 1 aromatic carbocycles. The van der Waals surface area contributed by atoms with Crippen LogP contribution < -0.4 is 5.32 Å². The highest BCUT2D eigenvalue weighted by atomic mass is 16.6. The minimum Gasteiger partial charge on any atom is -0.379 e. The molecule has 0 aliphatic heterocycles. The van der Waals surface area contributed by atoms with Crippen LogP contribution in [0, 0.1) is 17.0 Å². The van der Waals surface area contributed by atoms with Crippen LogP contribution in [-0.2, 0) is 6.54 Å². The second-order valence-electron chi connectivity index (χ2n) is 3.65. The number of benzene rings is 1. The predicted octanol–water partition coefficient (Wildman–Crippen LogP) is 2.24. The number of non-ortho nitro benzene ring substituents is 1. The first-order valence-electron chi connectivity index (χ1n) is 5.14. The van der Waals surface area contributed by atoms with Crippen molar-refractivity contribution in [3.05, 3.63) is 52.1 Å². The zero-order valence-electron chi connectivity index (χ0n) is 9.30. The fourth-order valence-corrected chi connectivity index (χ4v) is 1.49. The van der Waals surface area contributed by atoms with Crippen LogP contribution in [-0.4, -0.2) is 14.9 Å². The van der Waals surface area contributed by atoms with Crippen molar-refractivity contribution in [2.75, 3.05) is 5.32 Å². The Morgan fingerprint density at radius 1 is 1.53 bits per heavy atom. The average molecular weight is 232 g/mol. The van der Waals surface area contributed by atoms with E-state index in [2.05, 4.69) is 15.3 Å². The number of aryl methyl sites for hydroxylation is 1. The van der Waals surface area contributed by atoms with Gasteiger partial charge in [-0.3, -0.25) is 10.1 Å². The highest BCUT2D eigenvalue weighted by Gasteiger charge is 2.05. The van der Waals surface area contributed by atoms with Crippen molar-refractivity contribution in [1.82, 2.24) is 9.97 Å². The molecule has 1 heterocycles. The number of anilines is 1. The maximum atomic E-state index is 10.6. The third kappa shape index (κ3) is 2.81. The molecule has 0 aliphatic carbocycles. The molecule has 1 aromatic heterocycles. The first-order chi connectivity index (χ1) is 8.15. The van der Waals surface area contributed by atoms with E-state index < -0.39 is 4.92 Å². The fraction of sp³-hybridized carbons (Fsp3) is 0.182. The molecule has 0 saturated heterocycles. The van der Waals surface area contributed by atoms with E-state index in [-0.39, 0.29) is 5.69 Å². The van der Waals surface area contributed by atoms with Crippen LogP contribution in [0.2, 0.25) is 0 Å². The Morgan fingerprint density at radius 3 is 3.00 bits per heavy atom. The Bertz CT molecular complexity index is 536. The molecule has 0 aliphatic rings. The molecule has 0 fully saturated rings. The van der Waals surface area contributed by atoms with E-state index in [9.17, 15) is 10.1 Å². The van der Waals surface area contributed by atoms with Gasteiger partial charge in [0.1, 0.15) is 5.82 Å². The summed E-state index contributed by atoms with van der Waals surface area (Å²) in [7, 11) is 0. The number of hydrogen-bond donors (Lipinski definition) is 2. The Hall–Kier alpha value is -2.37. The van der Waals surface area contributed by atoms with Gasteiger partial charge >= 0.3 is 0 Å². The van der Waals surface area contributed by atoms with Gasteiger partial charge in [-0.15, -0.1) is 0 Å². The first-order valence-corrected chi connectivity index (χ1v) is 5.14. The largest absolute Gasteiger partial charge is 0.379 e. The number of aromatic amines is 1. The number of rotatable bonds is 4. The van der Waals surface area contributed by atoms with Crippen molar-refractivity contribution in [2.24, 2.45) is 0 Å². The number of aromatic nitrogens is 2. The van der Waals surface area contributed by atoms with Crippen molar-refractivity contribution < 1.29 is 4.92 Å². The lowest BCUT2D eigenvalue weighted by Crippen LogP contribution is -2.00. The third-order valence-electron chi connectivity index (χ3n) is 2.30. The Kier molecular flexibility index (Phi) is 3.04. The summed E-state index contributed by atoms with van der Waals surface area (Å²) < 4.78 is 0. The molecule has 0 amide bonds. The minimum atomic E-state index is -0.411. The van der Waals surface area contributed by atoms with Crippen LogP contribution in [0.15, 0.2) is 30.5 Å². The van der Waals surface area contributed by atoms with E-state index in [4.69, 9.17) is 0 Å². The van der Waals surface area contributed by atoms with Crippen LogP contribution in [0.5, 0.6) is 0 Å². The van der Waals surface area contributed by atoms with Crippen LogP contribution in [0.1, 0.15) is 11.5 Å². The van der Waals surface area contributed by atoms with Crippen molar-refractivity contribution >= 4 is 11.4 Å². The lowest BCUT2D eigenvalue weighted by atomic mass is 10.3. The summed E-state index contributed by atoms with van der Waals surface area (Å²) in [4.78, 5) is 17.3. The Morgan fingerprint density at radius 2 is 2.35 bits per heavy atom. The molecule has 0 unspecified atom stereocenters. The molecule has 2 aromatic rings. The van der Waals surface area contributed by atoms with Gasteiger partial charge in [-0.25, -0.2) is 4.98 Å². The van der Waals surface area contributed by atoms with E-state index in [1.165, 1.54) is 12.1 Å². The lowest BCUT2D eigenvalue weighted by Gasteiger charge is -2.04. The summed E-state index contributed by atoms with van der Waals surface area (Å²) in [6.45, 7) is 2.43. The summed E-state index contributed by atoms with van der Waals surface area (Å²) in [5, 5.41) is 13.7. The lowest BCUT2D eigenvalue weighted by molar-refractivity contribution is -0.384. The van der Waals surface area contributed by atoms with Gasteiger partial charge < -0.3 is 10.3 Å². The quantitative estimate of drug-likeness (QED) is 0.625.